The van der Waals surface area contributed by atoms with Crippen molar-refractivity contribution in [3.8, 4) is 0 Å². The number of halogens is 1. The molecule has 0 aliphatic rings. The third-order valence-electron chi connectivity index (χ3n) is 1.61. The summed E-state index contributed by atoms with van der Waals surface area (Å²) in [5.41, 5.74) is 6.18. The topological polar surface area (TPSA) is 72.5 Å². The van der Waals surface area contributed by atoms with Crippen LogP contribution in [0.5, 0.6) is 0 Å². The number of ether oxygens (including phenoxy) is 1. The molecule has 1 aromatic carbocycles. The van der Waals surface area contributed by atoms with Crippen LogP contribution in [-0.4, -0.2) is 23.8 Å². The Kier molecular flexibility index (Phi) is 3.94. The normalized spacial score (nSPS) is 12.2. The fourth-order valence-electron chi connectivity index (χ4n) is 1.01. The molecule has 4 nitrogen and oxygen atoms in total. The lowest BCUT2D eigenvalue weighted by Crippen LogP contribution is -2.15. The van der Waals surface area contributed by atoms with Gasteiger partial charge in [-0.3, -0.25) is 0 Å². The van der Waals surface area contributed by atoms with E-state index in [1.807, 2.05) is 0 Å². The van der Waals surface area contributed by atoms with Crippen LogP contribution in [0.2, 0.25) is 5.02 Å². The Bertz CT molecular complexity index is 345. The summed E-state index contributed by atoms with van der Waals surface area (Å²) in [6, 6.07) is 4.46. The van der Waals surface area contributed by atoms with E-state index in [0.717, 1.165) is 0 Å². The monoisotopic (exact) mass is 229 g/mol. The lowest BCUT2D eigenvalue weighted by molar-refractivity contribution is 0.0296. The molecule has 0 aromatic heterocycles. The van der Waals surface area contributed by atoms with Crippen LogP contribution in [-0.2, 0) is 4.74 Å². The first kappa shape index (κ1) is 11.8. The predicted molar refractivity (Wildman–Crippen MR) is 57.8 cm³/mol. The molecule has 0 radical (unpaired) electrons. The molecule has 0 bridgehead atoms. The third kappa shape index (κ3) is 3.77. The molecule has 0 aliphatic heterocycles. The van der Waals surface area contributed by atoms with Gasteiger partial charge in [-0.2, -0.15) is 0 Å². The number of hydrogen-bond acceptors (Lipinski definition) is 4. The largest absolute Gasteiger partial charge is 0.459 e. The molecule has 0 aliphatic carbocycles. The van der Waals surface area contributed by atoms with Crippen LogP contribution in [0.25, 0.3) is 0 Å². The van der Waals surface area contributed by atoms with Gasteiger partial charge in [-0.1, -0.05) is 11.6 Å². The summed E-state index contributed by atoms with van der Waals surface area (Å²) in [6.07, 6.45) is -0.689. The summed E-state index contributed by atoms with van der Waals surface area (Å²) >= 11 is 5.72. The van der Waals surface area contributed by atoms with Crippen LogP contribution in [0.4, 0.5) is 5.69 Å². The van der Waals surface area contributed by atoms with Gasteiger partial charge in [0.15, 0.2) is 0 Å². The van der Waals surface area contributed by atoms with E-state index in [4.69, 9.17) is 27.2 Å². The van der Waals surface area contributed by atoms with Gasteiger partial charge in [-0.05, 0) is 25.1 Å². The third-order valence-corrected chi connectivity index (χ3v) is 1.83. The first-order valence-corrected chi connectivity index (χ1v) is 4.78. The Balaban J connectivity index is 2.73. The minimum Gasteiger partial charge on any atom is -0.459 e. The van der Waals surface area contributed by atoms with Crippen molar-refractivity contribution in [1.82, 2.24) is 0 Å². The maximum atomic E-state index is 11.4. The van der Waals surface area contributed by atoms with Crippen LogP contribution < -0.4 is 5.73 Å². The van der Waals surface area contributed by atoms with E-state index in [2.05, 4.69) is 0 Å². The summed E-state index contributed by atoms with van der Waals surface area (Å²) < 4.78 is 4.80. The van der Waals surface area contributed by atoms with E-state index in [9.17, 15) is 4.79 Å². The highest BCUT2D eigenvalue weighted by molar-refractivity contribution is 6.31. The molecule has 0 heterocycles. The van der Waals surface area contributed by atoms with Gasteiger partial charge in [0.25, 0.3) is 0 Å². The molecule has 82 valence electrons. The average Bonchev–Trinajstić information content (AvgIpc) is 2.12. The fourth-order valence-corrected chi connectivity index (χ4v) is 1.25. The molecule has 0 fully saturated rings. The summed E-state index contributed by atoms with van der Waals surface area (Å²) in [6.45, 7) is 1.48. The molecule has 0 saturated carbocycles. The van der Waals surface area contributed by atoms with E-state index in [1.165, 1.54) is 25.1 Å². The zero-order chi connectivity index (χ0) is 11.4. The molecule has 5 heteroatoms. The average molecular weight is 230 g/mol. The van der Waals surface area contributed by atoms with Crippen molar-refractivity contribution >= 4 is 23.3 Å². The van der Waals surface area contributed by atoms with Gasteiger partial charge < -0.3 is 15.6 Å². The summed E-state index contributed by atoms with van der Waals surface area (Å²) in [4.78, 5) is 11.4. The lowest BCUT2D eigenvalue weighted by Gasteiger charge is -2.07. The Morgan fingerprint density at radius 2 is 2.27 bits per heavy atom. The number of aliphatic hydroxyl groups excluding tert-OH is 1. The molecule has 15 heavy (non-hydrogen) atoms. The Morgan fingerprint density at radius 1 is 1.60 bits per heavy atom. The number of carbonyl (C=O) groups excluding carboxylic acids is 1. The molecule has 3 N–H and O–H groups in total. The van der Waals surface area contributed by atoms with Crippen LogP contribution in [0.1, 0.15) is 17.3 Å². The minimum atomic E-state index is -0.689. The van der Waals surface area contributed by atoms with Crippen molar-refractivity contribution in [1.29, 1.82) is 0 Å². The second-order valence-electron chi connectivity index (χ2n) is 3.22. The number of hydrogen-bond donors (Lipinski definition) is 2. The molecule has 0 amide bonds. The number of nitrogens with two attached hydrogens (primary N) is 1. The van der Waals surface area contributed by atoms with Crippen molar-refractivity contribution in [2.24, 2.45) is 0 Å². The molecule has 1 atom stereocenters. The second-order valence-corrected chi connectivity index (χ2v) is 3.66. The zero-order valence-electron chi connectivity index (χ0n) is 8.24. The zero-order valence-corrected chi connectivity index (χ0v) is 8.99. The highest BCUT2D eigenvalue weighted by Crippen LogP contribution is 2.17. The molecule has 1 aromatic rings. The van der Waals surface area contributed by atoms with Crippen LogP contribution in [0.3, 0.4) is 0 Å². The van der Waals surface area contributed by atoms with E-state index < -0.39 is 12.1 Å². The van der Waals surface area contributed by atoms with Crippen LogP contribution >= 0.6 is 11.6 Å². The number of carbonyl (C=O) groups is 1. The van der Waals surface area contributed by atoms with Crippen molar-refractivity contribution in [2.75, 3.05) is 12.3 Å². The van der Waals surface area contributed by atoms with Gasteiger partial charge in [0, 0.05) is 10.7 Å². The first-order chi connectivity index (χ1) is 6.99. The maximum absolute atomic E-state index is 11.4. The number of nitrogen functional groups attached to an aromatic ring is 1. The quantitative estimate of drug-likeness (QED) is 0.608. The van der Waals surface area contributed by atoms with Gasteiger partial charge in [0.2, 0.25) is 0 Å². The molecular formula is C10H12ClNO3. The maximum Gasteiger partial charge on any atom is 0.338 e. The van der Waals surface area contributed by atoms with Crippen molar-refractivity contribution in [2.45, 2.75) is 13.0 Å². The molecule has 1 rings (SSSR count). The number of aliphatic hydroxyl groups is 1. The first-order valence-electron chi connectivity index (χ1n) is 4.40. The predicted octanol–water partition coefficient (Wildman–Crippen LogP) is 1.46. The van der Waals surface area contributed by atoms with Crippen LogP contribution in [0.15, 0.2) is 18.2 Å². The molecule has 1 unspecified atom stereocenters. The number of esters is 1. The molecule has 0 saturated heterocycles. The van der Waals surface area contributed by atoms with Gasteiger partial charge in [-0.15, -0.1) is 0 Å². The lowest BCUT2D eigenvalue weighted by atomic mass is 10.2. The van der Waals surface area contributed by atoms with Gasteiger partial charge in [-0.25, -0.2) is 4.79 Å². The summed E-state index contributed by atoms with van der Waals surface area (Å²) in [7, 11) is 0. The van der Waals surface area contributed by atoms with Gasteiger partial charge >= 0.3 is 5.97 Å². The van der Waals surface area contributed by atoms with E-state index in [-0.39, 0.29) is 12.2 Å². The number of benzene rings is 1. The van der Waals surface area contributed by atoms with E-state index in [0.29, 0.717) is 10.7 Å². The van der Waals surface area contributed by atoms with Crippen molar-refractivity contribution in [3.05, 3.63) is 28.8 Å². The molecular weight excluding hydrogens is 218 g/mol. The van der Waals surface area contributed by atoms with E-state index in [1.54, 1.807) is 0 Å². The fraction of sp³-hybridized carbons (Fsp3) is 0.300. The van der Waals surface area contributed by atoms with Crippen molar-refractivity contribution in [3.63, 3.8) is 0 Å². The highest BCUT2D eigenvalue weighted by Gasteiger charge is 2.09. The standard InChI is InChI=1S/C10H12ClNO3/c1-6(13)5-15-10(14)7-2-8(11)4-9(12)3-7/h2-4,6,13H,5,12H2,1H3. The van der Waals surface area contributed by atoms with Crippen LogP contribution in [0, 0.1) is 0 Å². The SMILES string of the molecule is CC(O)COC(=O)c1cc(N)cc(Cl)c1. The second kappa shape index (κ2) is 5.00. The highest BCUT2D eigenvalue weighted by atomic mass is 35.5. The number of rotatable bonds is 3. The summed E-state index contributed by atoms with van der Waals surface area (Å²) in [5, 5.41) is 9.30. The minimum absolute atomic E-state index is 0.0503. The summed E-state index contributed by atoms with van der Waals surface area (Å²) in [5.74, 6) is -0.551. The van der Waals surface area contributed by atoms with Crippen molar-refractivity contribution < 1.29 is 14.6 Å². The Morgan fingerprint density at radius 3 is 2.80 bits per heavy atom. The smallest absolute Gasteiger partial charge is 0.338 e. The Hall–Kier alpha value is -1.26. The molecule has 0 spiro atoms. The van der Waals surface area contributed by atoms with E-state index >= 15 is 0 Å². The van der Waals surface area contributed by atoms with Gasteiger partial charge in [0.05, 0.1) is 11.7 Å². The Labute approximate surface area is 92.6 Å². The number of anilines is 1. The van der Waals surface area contributed by atoms with Gasteiger partial charge in [0.1, 0.15) is 6.61 Å².